The van der Waals surface area contributed by atoms with Gasteiger partial charge in [-0.3, -0.25) is 25.0 Å². The molecule has 0 radical (unpaired) electrons. The average molecular weight is 271 g/mol. The number of aromatic hydroxyl groups is 1. The summed E-state index contributed by atoms with van der Waals surface area (Å²) in [7, 11) is 0. The summed E-state index contributed by atoms with van der Waals surface area (Å²) in [5.74, 6) is -2.25. The Morgan fingerprint density at radius 3 is 2.32 bits per heavy atom. The number of phenolic OH excluding ortho intramolecular Hbond substituents is 1. The van der Waals surface area contributed by atoms with Crippen LogP contribution in [0.1, 0.15) is 5.56 Å². The summed E-state index contributed by atoms with van der Waals surface area (Å²) in [6.45, 7) is 0. The van der Waals surface area contributed by atoms with Crippen molar-refractivity contribution in [1.29, 1.82) is 0 Å². The molecule has 0 aromatic heterocycles. The Balaban J connectivity index is 3.46. The molecular weight excluding hydrogens is 262 g/mol. The van der Waals surface area contributed by atoms with Crippen molar-refractivity contribution in [2.45, 2.75) is 12.5 Å². The number of nitrogens with two attached hydrogens (primary N) is 1. The molecule has 0 saturated heterocycles. The molecule has 0 aliphatic carbocycles. The molecular formula is C9H9N3O7. The highest BCUT2D eigenvalue weighted by molar-refractivity contribution is 5.75. The van der Waals surface area contributed by atoms with E-state index >= 15 is 0 Å². The maximum absolute atomic E-state index is 10.8. The van der Waals surface area contributed by atoms with E-state index in [0.717, 1.165) is 12.1 Å². The first-order valence-electron chi connectivity index (χ1n) is 4.87. The molecule has 1 aromatic rings. The fraction of sp³-hybridized carbons (Fsp3) is 0.222. The molecule has 1 rings (SSSR count). The molecule has 0 heterocycles. The fourth-order valence-electron chi connectivity index (χ4n) is 1.50. The van der Waals surface area contributed by atoms with Crippen molar-refractivity contribution in [3.8, 4) is 5.75 Å². The summed E-state index contributed by atoms with van der Waals surface area (Å²) in [6.07, 6.45) is -0.643. The number of hydrogen-bond acceptors (Lipinski definition) is 7. The summed E-state index contributed by atoms with van der Waals surface area (Å²) < 4.78 is 0. The van der Waals surface area contributed by atoms with Crippen LogP contribution in [-0.4, -0.2) is 32.1 Å². The summed E-state index contributed by atoms with van der Waals surface area (Å²) in [5.41, 5.74) is 3.11. The molecule has 0 aliphatic heterocycles. The van der Waals surface area contributed by atoms with Gasteiger partial charge in [-0.2, -0.15) is 0 Å². The van der Waals surface area contributed by atoms with Gasteiger partial charge in [0.05, 0.1) is 9.85 Å². The third-order valence-electron chi connectivity index (χ3n) is 2.36. The van der Waals surface area contributed by atoms with Crippen molar-refractivity contribution in [3.63, 3.8) is 0 Å². The molecule has 10 nitrogen and oxygen atoms in total. The predicted octanol–water partition coefficient (Wildman–Crippen LogP) is 0.163. The molecule has 0 amide bonds. The van der Waals surface area contributed by atoms with Crippen LogP contribution in [0.4, 0.5) is 11.4 Å². The maximum atomic E-state index is 10.8. The van der Waals surface area contributed by atoms with Crippen LogP contribution < -0.4 is 5.73 Å². The molecule has 4 N–H and O–H groups in total. The Morgan fingerprint density at radius 2 is 1.89 bits per heavy atom. The van der Waals surface area contributed by atoms with E-state index in [4.69, 9.17) is 10.8 Å². The summed E-state index contributed by atoms with van der Waals surface area (Å²) >= 11 is 0. The minimum atomic E-state index is -1.56. The van der Waals surface area contributed by atoms with E-state index in [9.17, 15) is 30.1 Å². The lowest BCUT2D eigenvalue weighted by molar-refractivity contribution is -0.396. The lowest BCUT2D eigenvalue weighted by Crippen LogP contribution is -2.32. The second-order valence-corrected chi connectivity index (χ2v) is 3.59. The van der Waals surface area contributed by atoms with Crippen LogP contribution in [-0.2, 0) is 11.2 Å². The SMILES string of the molecule is N[C@@H](Cc1c([N+](=O)[O-])ccc(O)c1[N+](=O)[O-])C(=O)O. The number of nitro benzene ring substituents is 2. The minimum Gasteiger partial charge on any atom is -0.502 e. The van der Waals surface area contributed by atoms with Crippen LogP contribution in [0.15, 0.2) is 12.1 Å². The van der Waals surface area contributed by atoms with Gasteiger partial charge in [-0.25, -0.2) is 0 Å². The third kappa shape index (κ3) is 2.93. The predicted molar refractivity (Wildman–Crippen MR) is 60.7 cm³/mol. The second kappa shape index (κ2) is 5.27. The van der Waals surface area contributed by atoms with Crippen molar-refractivity contribution < 1.29 is 24.9 Å². The molecule has 0 spiro atoms. The quantitative estimate of drug-likeness (QED) is 0.502. The van der Waals surface area contributed by atoms with E-state index in [0.29, 0.717) is 0 Å². The number of carboxylic acids is 1. The van der Waals surface area contributed by atoms with Gasteiger partial charge in [0.1, 0.15) is 11.6 Å². The summed E-state index contributed by atoms with van der Waals surface area (Å²) in [4.78, 5) is 30.3. The number of benzene rings is 1. The number of carbonyl (C=O) groups is 1. The smallest absolute Gasteiger partial charge is 0.320 e. The minimum absolute atomic E-state index is 0.523. The lowest BCUT2D eigenvalue weighted by atomic mass is 10.0. The van der Waals surface area contributed by atoms with Crippen LogP contribution in [0.2, 0.25) is 0 Å². The Morgan fingerprint density at radius 1 is 1.32 bits per heavy atom. The Hall–Kier alpha value is -2.75. The third-order valence-corrected chi connectivity index (χ3v) is 2.36. The number of hydrogen-bond donors (Lipinski definition) is 3. The molecule has 1 aromatic carbocycles. The van der Waals surface area contributed by atoms with Crippen molar-refractivity contribution >= 4 is 17.3 Å². The Labute approximate surface area is 105 Å². The Kier molecular flexibility index (Phi) is 3.97. The number of aliphatic carboxylic acids is 1. The molecule has 0 bridgehead atoms. The van der Waals surface area contributed by atoms with Gasteiger partial charge < -0.3 is 15.9 Å². The first-order valence-corrected chi connectivity index (χ1v) is 4.87. The first kappa shape index (κ1) is 14.3. The maximum Gasteiger partial charge on any atom is 0.320 e. The first-order chi connectivity index (χ1) is 8.75. The molecule has 1 atom stereocenters. The zero-order valence-electron chi connectivity index (χ0n) is 9.35. The fourth-order valence-corrected chi connectivity index (χ4v) is 1.50. The number of nitrogens with zero attached hydrogens (tertiary/aromatic N) is 2. The van der Waals surface area contributed by atoms with Crippen molar-refractivity contribution in [2.24, 2.45) is 5.73 Å². The second-order valence-electron chi connectivity index (χ2n) is 3.59. The molecule has 0 unspecified atom stereocenters. The summed E-state index contributed by atoms with van der Waals surface area (Å²) in [5, 5.41) is 39.6. The standard InChI is InChI=1S/C9H9N3O7/c10-5(9(14)15)3-4-6(11(16)17)1-2-7(13)8(4)12(18)19/h1-2,5,13H,3,10H2,(H,14,15)/t5-/m0/s1. The zero-order chi connectivity index (χ0) is 14.7. The van der Waals surface area contributed by atoms with E-state index in [2.05, 4.69) is 0 Å². The van der Waals surface area contributed by atoms with Crippen LogP contribution in [0, 0.1) is 20.2 Å². The molecule has 0 fully saturated rings. The van der Waals surface area contributed by atoms with Gasteiger partial charge in [-0.05, 0) is 6.07 Å². The number of rotatable bonds is 5. The number of phenols is 1. The van der Waals surface area contributed by atoms with Gasteiger partial charge in [-0.15, -0.1) is 0 Å². The van der Waals surface area contributed by atoms with E-state index < -0.39 is 51.0 Å². The van der Waals surface area contributed by atoms with E-state index in [1.165, 1.54) is 0 Å². The van der Waals surface area contributed by atoms with Crippen molar-refractivity contribution in [2.75, 3.05) is 0 Å². The van der Waals surface area contributed by atoms with Gasteiger partial charge in [0.15, 0.2) is 5.75 Å². The molecule has 0 saturated carbocycles. The van der Waals surface area contributed by atoms with Crippen LogP contribution in [0.3, 0.4) is 0 Å². The van der Waals surface area contributed by atoms with Gasteiger partial charge in [0.2, 0.25) is 0 Å². The van der Waals surface area contributed by atoms with E-state index in [1.54, 1.807) is 0 Å². The lowest BCUT2D eigenvalue weighted by Gasteiger charge is -2.08. The van der Waals surface area contributed by atoms with Crippen LogP contribution in [0.5, 0.6) is 5.75 Å². The number of nitro groups is 2. The van der Waals surface area contributed by atoms with Crippen LogP contribution in [0.25, 0.3) is 0 Å². The largest absolute Gasteiger partial charge is 0.502 e. The normalized spacial score (nSPS) is 11.8. The van der Waals surface area contributed by atoms with E-state index in [-0.39, 0.29) is 0 Å². The zero-order valence-corrected chi connectivity index (χ0v) is 9.35. The van der Waals surface area contributed by atoms with Crippen molar-refractivity contribution in [3.05, 3.63) is 37.9 Å². The van der Waals surface area contributed by atoms with Gasteiger partial charge in [0.25, 0.3) is 5.69 Å². The highest BCUT2D eigenvalue weighted by Crippen LogP contribution is 2.36. The summed E-state index contributed by atoms with van der Waals surface area (Å²) in [6, 6.07) is 0.0948. The van der Waals surface area contributed by atoms with Crippen molar-refractivity contribution in [1.82, 2.24) is 0 Å². The topological polar surface area (TPSA) is 170 Å². The monoisotopic (exact) mass is 271 g/mol. The molecule has 19 heavy (non-hydrogen) atoms. The van der Waals surface area contributed by atoms with Gasteiger partial charge in [-0.1, -0.05) is 0 Å². The number of carboxylic acid groups (broad SMARTS) is 1. The highest BCUT2D eigenvalue weighted by Gasteiger charge is 2.31. The van der Waals surface area contributed by atoms with Gasteiger partial charge in [0, 0.05) is 12.5 Å². The van der Waals surface area contributed by atoms with Gasteiger partial charge >= 0.3 is 11.7 Å². The van der Waals surface area contributed by atoms with Crippen LogP contribution >= 0.6 is 0 Å². The van der Waals surface area contributed by atoms with E-state index in [1.807, 2.05) is 0 Å². The molecule has 10 heteroatoms. The molecule has 102 valence electrons. The average Bonchev–Trinajstić information content (AvgIpc) is 2.27. The highest BCUT2D eigenvalue weighted by atomic mass is 16.6. The molecule has 0 aliphatic rings. The Bertz CT molecular complexity index is 557.